The lowest BCUT2D eigenvalue weighted by atomic mass is 9.80. The molecule has 2 aromatic rings. The van der Waals surface area contributed by atoms with Gasteiger partial charge < -0.3 is 10.1 Å². The molecule has 1 amide bonds. The van der Waals surface area contributed by atoms with Gasteiger partial charge in [-0.15, -0.1) is 0 Å². The number of hydrogen-bond acceptors (Lipinski definition) is 3. The Balaban J connectivity index is 1.31. The van der Waals surface area contributed by atoms with Crippen molar-refractivity contribution in [3.63, 3.8) is 0 Å². The van der Waals surface area contributed by atoms with Gasteiger partial charge in [0, 0.05) is 18.7 Å². The Morgan fingerprint density at radius 2 is 1.68 bits per heavy atom. The van der Waals surface area contributed by atoms with Crippen LogP contribution in [0.5, 0.6) is 0 Å². The minimum absolute atomic E-state index is 0.0399. The molecule has 2 aliphatic rings. The number of nitrogens with zero attached hydrogens (tertiary/aromatic N) is 1. The maximum Gasteiger partial charge on any atom is 0.252 e. The lowest BCUT2D eigenvalue weighted by Gasteiger charge is -2.46. The third-order valence-electron chi connectivity index (χ3n) is 7.46. The standard InChI is InChI=1S/C27H33F3N2O2/c1-18(2)27(26(33)31-16-19-13-23(29)15-24(30)14-19)10-7-25(17-34-27)32-11-8-21(9-12-32)20-3-5-22(28)6-4-20/h3-6,13-15,18,21,25H,7-12,16-17H2,1-2H3,(H,31,33)/t25?,27-/m0/s1. The van der Waals surface area contributed by atoms with Crippen LogP contribution < -0.4 is 5.32 Å². The molecule has 0 aliphatic carbocycles. The molecule has 2 saturated heterocycles. The summed E-state index contributed by atoms with van der Waals surface area (Å²) < 4.78 is 46.4. The summed E-state index contributed by atoms with van der Waals surface area (Å²) in [5.74, 6) is -1.37. The summed E-state index contributed by atoms with van der Waals surface area (Å²) in [4.78, 5) is 15.6. The number of carbonyl (C=O) groups excluding carboxylic acids is 1. The van der Waals surface area contributed by atoms with Crippen molar-refractivity contribution in [3.8, 4) is 0 Å². The first-order valence-corrected chi connectivity index (χ1v) is 12.1. The molecule has 0 aromatic heterocycles. The fraction of sp³-hybridized carbons (Fsp3) is 0.519. The highest BCUT2D eigenvalue weighted by atomic mass is 19.1. The molecule has 0 saturated carbocycles. The summed E-state index contributed by atoms with van der Waals surface area (Å²) in [6.45, 7) is 6.35. The van der Waals surface area contributed by atoms with Crippen LogP contribution in [0.4, 0.5) is 13.2 Å². The maximum absolute atomic E-state index is 13.5. The van der Waals surface area contributed by atoms with Crippen LogP contribution in [-0.2, 0) is 16.1 Å². The number of rotatable bonds is 6. The first kappa shape index (κ1) is 24.7. The van der Waals surface area contributed by atoms with Crippen molar-refractivity contribution in [1.82, 2.24) is 10.2 Å². The zero-order chi connectivity index (χ0) is 24.3. The van der Waals surface area contributed by atoms with E-state index in [0.29, 0.717) is 24.5 Å². The zero-order valence-electron chi connectivity index (χ0n) is 19.8. The third-order valence-corrected chi connectivity index (χ3v) is 7.46. The number of hydrogen-bond donors (Lipinski definition) is 1. The molecule has 0 spiro atoms. The summed E-state index contributed by atoms with van der Waals surface area (Å²) in [7, 11) is 0. The van der Waals surface area contributed by atoms with Gasteiger partial charge in [-0.1, -0.05) is 26.0 Å². The monoisotopic (exact) mass is 474 g/mol. The highest BCUT2D eigenvalue weighted by Gasteiger charge is 2.46. The van der Waals surface area contributed by atoms with E-state index in [1.807, 2.05) is 26.0 Å². The Morgan fingerprint density at radius 1 is 1.03 bits per heavy atom. The molecule has 2 heterocycles. The molecular formula is C27H33F3N2O2. The number of amides is 1. The van der Waals surface area contributed by atoms with E-state index in [9.17, 15) is 18.0 Å². The van der Waals surface area contributed by atoms with Crippen molar-refractivity contribution in [3.05, 3.63) is 71.0 Å². The minimum Gasteiger partial charge on any atom is -0.363 e. The van der Waals surface area contributed by atoms with Crippen molar-refractivity contribution in [2.75, 3.05) is 19.7 Å². The summed E-state index contributed by atoms with van der Waals surface area (Å²) in [5.41, 5.74) is 0.617. The Bertz CT molecular complexity index is 960. The molecule has 0 radical (unpaired) electrons. The van der Waals surface area contributed by atoms with Crippen LogP contribution in [-0.4, -0.2) is 42.1 Å². The highest BCUT2D eigenvalue weighted by Crippen LogP contribution is 2.36. The van der Waals surface area contributed by atoms with Crippen molar-refractivity contribution in [2.24, 2.45) is 5.92 Å². The van der Waals surface area contributed by atoms with Crippen molar-refractivity contribution in [1.29, 1.82) is 0 Å². The van der Waals surface area contributed by atoms with E-state index in [1.165, 1.54) is 29.8 Å². The van der Waals surface area contributed by atoms with Crippen LogP contribution in [0.3, 0.4) is 0 Å². The average Bonchev–Trinajstić information content (AvgIpc) is 2.82. The summed E-state index contributed by atoms with van der Waals surface area (Å²) in [5, 5.41) is 2.83. The zero-order valence-corrected chi connectivity index (χ0v) is 19.8. The molecule has 4 rings (SSSR count). The molecule has 4 nitrogen and oxygen atoms in total. The fourth-order valence-electron chi connectivity index (χ4n) is 5.34. The number of likely N-dealkylation sites (tertiary alicyclic amines) is 1. The molecule has 1 unspecified atom stereocenters. The first-order chi connectivity index (χ1) is 16.3. The highest BCUT2D eigenvalue weighted by molar-refractivity contribution is 5.85. The molecule has 1 N–H and O–H groups in total. The van der Waals surface area contributed by atoms with E-state index in [-0.39, 0.29) is 30.2 Å². The van der Waals surface area contributed by atoms with Gasteiger partial charge in [-0.25, -0.2) is 13.2 Å². The second-order valence-electron chi connectivity index (χ2n) is 9.87. The smallest absolute Gasteiger partial charge is 0.252 e. The normalized spacial score (nSPS) is 24.4. The number of benzene rings is 2. The van der Waals surface area contributed by atoms with Gasteiger partial charge in [0.25, 0.3) is 5.91 Å². The predicted molar refractivity (Wildman–Crippen MR) is 125 cm³/mol. The molecular weight excluding hydrogens is 441 g/mol. The number of carbonyl (C=O) groups is 1. The Kier molecular flexibility index (Phi) is 7.63. The number of ether oxygens (including phenoxy) is 1. The fourth-order valence-corrected chi connectivity index (χ4v) is 5.34. The SMILES string of the molecule is CC(C)[C@]1(C(=O)NCc2cc(F)cc(F)c2)CCC(N2CCC(c3ccc(F)cc3)CC2)CO1. The van der Waals surface area contributed by atoms with Crippen LogP contribution >= 0.6 is 0 Å². The van der Waals surface area contributed by atoms with Crippen LogP contribution in [0.1, 0.15) is 56.6 Å². The molecule has 2 atom stereocenters. The summed E-state index contributed by atoms with van der Waals surface area (Å²) in [6.07, 6.45) is 3.47. The maximum atomic E-state index is 13.5. The molecule has 2 aliphatic heterocycles. The van der Waals surface area contributed by atoms with Crippen LogP contribution in [0, 0.1) is 23.4 Å². The van der Waals surface area contributed by atoms with Gasteiger partial charge in [0.2, 0.25) is 0 Å². The molecule has 184 valence electrons. The predicted octanol–water partition coefficient (Wildman–Crippen LogP) is 5.17. The van der Waals surface area contributed by atoms with Crippen LogP contribution in [0.15, 0.2) is 42.5 Å². The van der Waals surface area contributed by atoms with Gasteiger partial charge in [-0.2, -0.15) is 0 Å². The minimum atomic E-state index is -0.950. The number of piperidine rings is 1. The molecule has 2 aromatic carbocycles. The van der Waals surface area contributed by atoms with Gasteiger partial charge in [0.15, 0.2) is 0 Å². The molecule has 0 bridgehead atoms. The lowest BCUT2D eigenvalue weighted by Crippen LogP contribution is -2.58. The Morgan fingerprint density at radius 3 is 2.24 bits per heavy atom. The lowest BCUT2D eigenvalue weighted by molar-refractivity contribution is -0.170. The second-order valence-corrected chi connectivity index (χ2v) is 9.87. The first-order valence-electron chi connectivity index (χ1n) is 12.1. The molecule has 34 heavy (non-hydrogen) atoms. The van der Waals surface area contributed by atoms with Crippen molar-refractivity contribution >= 4 is 5.91 Å². The van der Waals surface area contributed by atoms with E-state index in [0.717, 1.165) is 38.4 Å². The van der Waals surface area contributed by atoms with E-state index in [2.05, 4.69) is 10.2 Å². The van der Waals surface area contributed by atoms with Gasteiger partial charge in [-0.3, -0.25) is 9.69 Å². The summed E-state index contributed by atoms with van der Waals surface area (Å²) >= 11 is 0. The number of halogens is 3. The number of nitrogens with one attached hydrogen (secondary N) is 1. The van der Waals surface area contributed by atoms with Crippen LogP contribution in [0.25, 0.3) is 0 Å². The van der Waals surface area contributed by atoms with Crippen molar-refractivity contribution in [2.45, 2.75) is 63.6 Å². The Hall–Kier alpha value is -2.38. The molecule has 2 fully saturated rings. The average molecular weight is 475 g/mol. The Labute approximate surface area is 199 Å². The quantitative estimate of drug-likeness (QED) is 0.628. The van der Waals surface area contributed by atoms with Gasteiger partial charge in [0.05, 0.1) is 6.61 Å². The van der Waals surface area contributed by atoms with Gasteiger partial charge in [0.1, 0.15) is 23.1 Å². The second kappa shape index (κ2) is 10.5. The summed E-state index contributed by atoms with van der Waals surface area (Å²) in [6, 6.07) is 10.3. The van der Waals surface area contributed by atoms with Gasteiger partial charge >= 0.3 is 0 Å². The van der Waals surface area contributed by atoms with E-state index >= 15 is 0 Å². The van der Waals surface area contributed by atoms with E-state index in [4.69, 9.17) is 4.74 Å². The largest absolute Gasteiger partial charge is 0.363 e. The van der Waals surface area contributed by atoms with Gasteiger partial charge in [-0.05, 0) is 86.0 Å². The van der Waals surface area contributed by atoms with Crippen molar-refractivity contribution < 1.29 is 22.7 Å². The van der Waals surface area contributed by atoms with E-state index < -0.39 is 17.2 Å². The van der Waals surface area contributed by atoms with Crippen LogP contribution in [0.2, 0.25) is 0 Å². The molecule has 7 heteroatoms. The topological polar surface area (TPSA) is 41.6 Å². The third kappa shape index (κ3) is 5.47. The van der Waals surface area contributed by atoms with E-state index in [1.54, 1.807) is 0 Å².